The third-order valence-corrected chi connectivity index (χ3v) is 3.22. The first-order valence-corrected chi connectivity index (χ1v) is 7.00. The van der Waals surface area contributed by atoms with Gasteiger partial charge in [-0.3, -0.25) is 0 Å². The molecule has 5 heteroatoms. The molecule has 1 heterocycles. The first kappa shape index (κ1) is 14.0. The lowest BCUT2D eigenvalue weighted by Gasteiger charge is -2.24. The lowest BCUT2D eigenvalue weighted by atomic mass is 10.3. The zero-order valence-electron chi connectivity index (χ0n) is 11.5. The predicted octanol–water partition coefficient (Wildman–Crippen LogP) is 3.42. The van der Waals surface area contributed by atoms with Crippen LogP contribution < -0.4 is 10.2 Å². The Balaban J connectivity index is 2.25. The van der Waals surface area contributed by atoms with Crippen molar-refractivity contribution in [2.45, 2.75) is 33.1 Å². The van der Waals surface area contributed by atoms with Crippen LogP contribution >= 0.6 is 0 Å². The van der Waals surface area contributed by atoms with Crippen molar-refractivity contribution in [2.75, 3.05) is 29.9 Å². The minimum atomic E-state index is -0.633. The molecule has 1 saturated carbocycles. The van der Waals surface area contributed by atoms with E-state index < -0.39 is 11.6 Å². The summed E-state index contributed by atoms with van der Waals surface area (Å²) in [6, 6.07) is 0.926. The van der Waals surface area contributed by atoms with E-state index in [1.807, 2.05) is 18.7 Å². The number of nitrogens with zero attached hydrogens (tertiary/aromatic N) is 2. The standard InChI is InChI=1S/C14H21F2N3/c1-3-7-19(9-10-5-6-10)14-12(16)8-11(15)13(18-14)17-4-2/h8,10H,3-7,9H2,1-2H3,(H,17,18). The molecular formula is C14H21F2N3. The lowest BCUT2D eigenvalue weighted by molar-refractivity contribution is 0.565. The summed E-state index contributed by atoms with van der Waals surface area (Å²) in [6.07, 6.45) is 3.31. The monoisotopic (exact) mass is 269 g/mol. The molecule has 3 nitrogen and oxygen atoms in total. The summed E-state index contributed by atoms with van der Waals surface area (Å²) in [7, 11) is 0. The Morgan fingerprint density at radius 2 is 2.05 bits per heavy atom. The van der Waals surface area contributed by atoms with Crippen LogP contribution in [0.5, 0.6) is 0 Å². The number of rotatable bonds is 7. The van der Waals surface area contributed by atoms with Gasteiger partial charge in [-0.15, -0.1) is 0 Å². The highest BCUT2D eigenvalue weighted by Crippen LogP contribution is 2.32. The van der Waals surface area contributed by atoms with Crippen molar-refractivity contribution in [1.82, 2.24) is 4.98 Å². The lowest BCUT2D eigenvalue weighted by Crippen LogP contribution is -2.29. The van der Waals surface area contributed by atoms with Crippen molar-refractivity contribution in [3.05, 3.63) is 17.7 Å². The Morgan fingerprint density at radius 1 is 1.32 bits per heavy atom. The van der Waals surface area contributed by atoms with Gasteiger partial charge in [0.25, 0.3) is 0 Å². The molecular weight excluding hydrogens is 248 g/mol. The molecule has 106 valence electrons. The van der Waals surface area contributed by atoms with Gasteiger partial charge in [0, 0.05) is 25.7 Å². The molecule has 1 aromatic heterocycles. The molecule has 0 amide bonds. The highest BCUT2D eigenvalue weighted by molar-refractivity contribution is 5.49. The van der Waals surface area contributed by atoms with E-state index in [-0.39, 0.29) is 11.6 Å². The second-order valence-electron chi connectivity index (χ2n) is 5.04. The molecule has 1 N–H and O–H groups in total. The summed E-state index contributed by atoms with van der Waals surface area (Å²) in [5, 5.41) is 2.83. The van der Waals surface area contributed by atoms with Crippen molar-refractivity contribution < 1.29 is 8.78 Å². The Labute approximate surface area is 113 Å². The third kappa shape index (κ3) is 3.55. The molecule has 1 aliphatic rings. The first-order valence-electron chi connectivity index (χ1n) is 7.00. The van der Waals surface area contributed by atoms with E-state index >= 15 is 0 Å². The van der Waals surface area contributed by atoms with E-state index in [0.717, 1.165) is 25.6 Å². The minimum Gasteiger partial charge on any atom is -0.368 e. The van der Waals surface area contributed by atoms with Crippen LogP contribution in [-0.2, 0) is 0 Å². The van der Waals surface area contributed by atoms with Crippen molar-refractivity contribution in [1.29, 1.82) is 0 Å². The maximum atomic E-state index is 13.9. The summed E-state index contributed by atoms with van der Waals surface area (Å²) >= 11 is 0. The number of hydrogen-bond acceptors (Lipinski definition) is 3. The van der Waals surface area contributed by atoms with Gasteiger partial charge in [-0.1, -0.05) is 6.92 Å². The van der Waals surface area contributed by atoms with Crippen LogP contribution in [0, 0.1) is 17.6 Å². The molecule has 0 spiro atoms. The average Bonchev–Trinajstić information content (AvgIpc) is 3.16. The van der Waals surface area contributed by atoms with Crippen LogP contribution in [0.1, 0.15) is 33.1 Å². The van der Waals surface area contributed by atoms with Gasteiger partial charge in [-0.25, -0.2) is 13.8 Å². The summed E-state index contributed by atoms with van der Waals surface area (Å²) in [5.41, 5.74) is 0. The maximum Gasteiger partial charge on any atom is 0.168 e. The topological polar surface area (TPSA) is 28.2 Å². The quantitative estimate of drug-likeness (QED) is 0.822. The number of halogens is 2. The number of hydrogen-bond donors (Lipinski definition) is 1. The number of pyridine rings is 1. The highest BCUT2D eigenvalue weighted by atomic mass is 19.1. The van der Waals surface area contributed by atoms with E-state index in [0.29, 0.717) is 12.5 Å². The van der Waals surface area contributed by atoms with Crippen LogP contribution in [0.3, 0.4) is 0 Å². The minimum absolute atomic E-state index is 0.135. The van der Waals surface area contributed by atoms with E-state index in [2.05, 4.69) is 10.3 Å². The second kappa shape index (κ2) is 6.17. The van der Waals surface area contributed by atoms with Crippen molar-refractivity contribution in [3.8, 4) is 0 Å². The molecule has 0 atom stereocenters. The van der Waals surface area contributed by atoms with Crippen molar-refractivity contribution in [2.24, 2.45) is 5.92 Å². The smallest absolute Gasteiger partial charge is 0.168 e. The van der Waals surface area contributed by atoms with Gasteiger partial charge in [-0.05, 0) is 32.1 Å². The zero-order valence-corrected chi connectivity index (χ0v) is 11.5. The number of aromatic nitrogens is 1. The number of anilines is 2. The van der Waals surface area contributed by atoms with E-state index in [1.165, 1.54) is 12.8 Å². The van der Waals surface area contributed by atoms with Gasteiger partial charge in [0.2, 0.25) is 0 Å². The van der Waals surface area contributed by atoms with Crippen LogP contribution in [0.2, 0.25) is 0 Å². The van der Waals surface area contributed by atoms with Gasteiger partial charge < -0.3 is 10.2 Å². The van der Waals surface area contributed by atoms with Gasteiger partial charge in [0.1, 0.15) is 0 Å². The van der Waals surface area contributed by atoms with Crippen molar-refractivity contribution in [3.63, 3.8) is 0 Å². The summed E-state index contributed by atoms with van der Waals surface area (Å²) in [5.74, 6) is -0.165. The molecule has 1 fully saturated rings. The second-order valence-corrected chi connectivity index (χ2v) is 5.04. The Hall–Kier alpha value is -1.39. The average molecular weight is 269 g/mol. The third-order valence-electron chi connectivity index (χ3n) is 3.22. The Bertz CT molecular complexity index is 433. The highest BCUT2D eigenvalue weighted by Gasteiger charge is 2.26. The molecule has 0 unspecified atom stereocenters. The molecule has 0 aliphatic heterocycles. The van der Waals surface area contributed by atoms with Gasteiger partial charge in [0.05, 0.1) is 0 Å². The van der Waals surface area contributed by atoms with Gasteiger partial charge >= 0.3 is 0 Å². The Kier molecular flexibility index (Phi) is 4.56. The van der Waals surface area contributed by atoms with Gasteiger partial charge in [-0.2, -0.15) is 0 Å². The van der Waals surface area contributed by atoms with Crippen LogP contribution in [-0.4, -0.2) is 24.6 Å². The van der Waals surface area contributed by atoms with Crippen molar-refractivity contribution >= 4 is 11.6 Å². The first-order chi connectivity index (χ1) is 9.15. The molecule has 19 heavy (non-hydrogen) atoms. The fourth-order valence-corrected chi connectivity index (χ4v) is 2.14. The molecule has 0 aromatic carbocycles. The van der Waals surface area contributed by atoms with E-state index in [4.69, 9.17) is 0 Å². The summed E-state index contributed by atoms with van der Waals surface area (Å²) in [4.78, 5) is 6.06. The summed E-state index contributed by atoms with van der Waals surface area (Å²) in [6.45, 7) is 6.03. The fourth-order valence-electron chi connectivity index (χ4n) is 2.14. The predicted molar refractivity (Wildman–Crippen MR) is 73.5 cm³/mol. The molecule has 0 radical (unpaired) electrons. The Morgan fingerprint density at radius 3 is 2.63 bits per heavy atom. The van der Waals surface area contributed by atoms with Crippen LogP contribution in [0.4, 0.5) is 20.4 Å². The normalized spacial score (nSPS) is 14.5. The largest absolute Gasteiger partial charge is 0.368 e. The maximum absolute atomic E-state index is 13.9. The van der Waals surface area contributed by atoms with Gasteiger partial charge in [0.15, 0.2) is 23.3 Å². The fraction of sp³-hybridized carbons (Fsp3) is 0.643. The number of nitrogens with one attached hydrogen (secondary N) is 1. The molecule has 0 bridgehead atoms. The molecule has 1 aromatic rings. The molecule has 1 aliphatic carbocycles. The zero-order chi connectivity index (χ0) is 13.8. The van der Waals surface area contributed by atoms with Crippen LogP contribution in [0.15, 0.2) is 6.07 Å². The molecule has 0 saturated heterocycles. The van der Waals surface area contributed by atoms with Crippen LogP contribution in [0.25, 0.3) is 0 Å². The SMILES string of the molecule is CCCN(CC1CC1)c1nc(NCC)c(F)cc1F. The molecule has 2 rings (SSSR count). The summed E-state index contributed by atoms with van der Waals surface area (Å²) < 4.78 is 27.5. The van der Waals surface area contributed by atoms with E-state index in [1.54, 1.807) is 0 Å². The van der Waals surface area contributed by atoms with E-state index in [9.17, 15) is 8.78 Å².